The van der Waals surface area contributed by atoms with Crippen LogP contribution in [0.4, 0.5) is 17.1 Å². The zero-order valence-electron chi connectivity index (χ0n) is 45.1. The van der Waals surface area contributed by atoms with Crippen LogP contribution >= 0.6 is 0 Å². The minimum atomic E-state index is 0.543. The van der Waals surface area contributed by atoms with E-state index >= 15 is 0 Å². The third-order valence-corrected chi connectivity index (χ3v) is 16.1. The van der Waals surface area contributed by atoms with Gasteiger partial charge in [-0.05, 0) is 168 Å². The minimum absolute atomic E-state index is 0.543. The van der Waals surface area contributed by atoms with Gasteiger partial charge in [-0.15, -0.1) is 0 Å². The molecule has 0 amide bonds. The summed E-state index contributed by atoms with van der Waals surface area (Å²) in [6.07, 6.45) is 2.07. The van der Waals surface area contributed by atoms with E-state index in [0.29, 0.717) is 26.4 Å². The summed E-state index contributed by atoms with van der Waals surface area (Å²) in [5, 5.41) is 7.36. The van der Waals surface area contributed by atoms with E-state index in [2.05, 4.69) is 287 Å². The number of nitrogens with zero attached hydrogens (tertiary/aromatic N) is 4. The lowest BCUT2D eigenvalue weighted by atomic mass is 10.1. The van der Waals surface area contributed by atoms with Gasteiger partial charge < -0.3 is 28.1 Å². The van der Waals surface area contributed by atoms with E-state index in [1.807, 2.05) is 0 Å². The third kappa shape index (κ3) is 8.99. The molecule has 0 aliphatic carbocycles. The van der Waals surface area contributed by atoms with E-state index in [9.17, 15) is 0 Å². The molecule has 14 aromatic rings. The molecule has 0 bridgehead atoms. The van der Waals surface area contributed by atoms with Gasteiger partial charge >= 0.3 is 0 Å². The first kappa shape index (κ1) is 48.9. The Hall–Kier alpha value is -9.46. The lowest BCUT2D eigenvalue weighted by Crippen LogP contribution is -2.10. The molecule has 6 nitrogen and oxygen atoms in total. The van der Waals surface area contributed by atoms with Crippen LogP contribution in [0.3, 0.4) is 0 Å². The summed E-state index contributed by atoms with van der Waals surface area (Å²) >= 11 is 0. The van der Waals surface area contributed by atoms with Crippen LogP contribution in [0.15, 0.2) is 255 Å². The number of para-hydroxylation sites is 4. The monoisotopic (exact) mass is 1040 g/mol. The zero-order valence-corrected chi connectivity index (χ0v) is 45.1. The zero-order chi connectivity index (χ0) is 53.5. The Morgan fingerprint density at radius 2 is 0.525 bits per heavy atom. The van der Waals surface area contributed by atoms with Crippen LogP contribution in [0.5, 0.6) is 0 Å². The SMILES string of the molecule is CCc1ccc(COCc2ccc3c(c2)c2ccccc2n3-c2ccc(N(c3ccc(-n4c5ccccc5c5ccccc54)cc3)c3ccc(-n4c5ccccc5c5cc(COCc6ccc(CC)cc6)ccc54)cc3)cc2)cc1. The van der Waals surface area contributed by atoms with E-state index in [1.54, 1.807) is 0 Å². The molecule has 0 saturated carbocycles. The summed E-state index contributed by atoms with van der Waals surface area (Å²) in [5.41, 5.74) is 20.9. The second kappa shape index (κ2) is 21.1. The van der Waals surface area contributed by atoms with Crippen molar-refractivity contribution in [3.8, 4) is 17.1 Å². The number of anilines is 3. The number of ether oxygens (including phenoxy) is 2. The molecule has 6 heteroatoms. The lowest BCUT2D eigenvalue weighted by Gasteiger charge is -2.26. The molecule has 3 heterocycles. The Bertz CT molecular complexity index is 4260. The molecular weight excluding hydrogens is 977 g/mol. The van der Waals surface area contributed by atoms with Crippen molar-refractivity contribution in [3.63, 3.8) is 0 Å². The Balaban J connectivity index is 0.808. The third-order valence-electron chi connectivity index (χ3n) is 16.1. The standard InChI is InChI=1S/C74H60N4O2/c1-3-51-21-25-53(26-22-51)47-79-49-55-29-43-73-67(45-55)65-15-7-11-19-71(65)77(73)61-39-33-58(34-40-61)75(57-31-37-60(38-32-57)76-69-17-9-5-13-63(69)64-14-6-10-18-70(64)76)59-35-41-62(42-36-59)78-72-20-12-8-16-66(72)68-46-56(30-44-74(68)78)50-80-48-54-27-23-52(4-2)24-28-54/h5-46H,3-4,47-50H2,1-2H3. The average Bonchev–Trinajstić information content (AvgIpc) is 4.21. The summed E-state index contributed by atoms with van der Waals surface area (Å²) in [7, 11) is 0. The molecular formula is C74H60N4O2. The Kier molecular flexibility index (Phi) is 12.9. The maximum absolute atomic E-state index is 6.27. The van der Waals surface area contributed by atoms with Crippen molar-refractivity contribution in [2.45, 2.75) is 53.1 Å². The van der Waals surface area contributed by atoms with Gasteiger partial charge in [0.25, 0.3) is 0 Å². The average molecular weight is 1040 g/mol. The van der Waals surface area contributed by atoms with E-state index < -0.39 is 0 Å². The minimum Gasteiger partial charge on any atom is -0.372 e. The molecule has 0 N–H and O–H groups in total. The molecule has 0 atom stereocenters. The van der Waals surface area contributed by atoms with Crippen LogP contribution in [0.1, 0.15) is 47.2 Å². The summed E-state index contributed by atoms with van der Waals surface area (Å²) in [4.78, 5) is 2.37. The highest BCUT2D eigenvalue weighted by molar-refractivity contribution is 6.11. The lowest BCUT2D eigenvalue weighted by molar-refractivity contribution is 0.107. The number of hydrogen-bond acceptors (Lipinski definition) is 3. The van der Waals surface area contributed by atoms with Gasteiger partial charge in [-0.2, -0.15) is 0 Å². The van der Waals surface area contributed by atoms with Gasteiger partial charge in [0.2, 0.25) is 0 Å². The second-order valence-electron chi connectivity index (χ2n) is 21.0. The van der Waals surface area contributed by atoms with Crippen LogP contribution in [-0.2, 0) is 48.7 Å². The molecule has 0 saturated heterocycles. The van der Waals surface area contributed by atoms with Crippen LogP contribution in [-0.4, -0.2) is 13.7 Å². The van der Waals surface area contributed by atoms with Crippen molar-refractivity contribution in [1.82, 2.24) is 13.7 Å². The quantitative estimate of drug-likeness (QED) is 0.0968. The molecule has 14 rings (SSSR count). The first-order valence-electron chi connectivity index (χ1n) is 28.0. The van der Waals surface area contributed by atoms with Gasteiger partial charge in [-0.25, -0.2) is 0 Å². The predicted octanol–water partition coefficient (Wildman–Crippen LogP) is 19.0. The summed E-state index contributed by atoms with van der Waals surface area (Å²) in [5.74, 6) is 0. The van der Waals surface area contributed by atoms with Gasteiger partial charge in [0.1, 0.15) is 0 Å². The maximum Gasteiger partial charge on any atom is 0.0721 e. The second-order valence-corrected chi connectivity index (χ2v) is 21.0. The predicted molar refractivity (Wildman–Crippen MR) is 333 cm³/mol. The molecule has 0 unspecified atom stereocenters. The fourth-order valence-electron chi connectivity index (χ4n) is 12.0. The van der Waals surface area contributed by atoms with Crippen LogP contribution in [0, 0.1) is 0 Å². The van der Waals surface area contributed by atoms with Gasteiger partial charge in [0.05, 0.1) is 59.5 Å². The van der Waals surface area contributed by atoms with Crippen LogP contribution in [0.25, 0.3) is 82.5 Å². The van der Waals surface area contributed by atoms with Crippen molar-refractivity contribution < 1.29 is 9.47 Å². The van der Waals surface area contributed by atoms with Gasteiger partial charge in [-0.1, -0.05) is 147 Å². The first-order chi connectivity index (χ1) is 39.6. The van der Waals surface area contributed by atoms with Crippen LogP contribution in [0.2, 0.25) is 0 Å². The topological polar surface area (TPSA) is 36.5 Å². The largest absolute Gasteiger partial charge is 0.372 e. The molecule has 3 aromatic heterocycles. The highest BCUT2D eigenvalue weighted by Gasteiger charge is 2.19. The number of aromatic nitrogens is 3. The Morgan fingerprint density at radius 1 is 0.263 bits per heavy atom. The van der Waals surface area contributed by atoms with E-state index in [1.165, 1.54) is 76.6 Å². The Labute approximate surface area is 466 Å². The smallest absolute Gasteiger partial charge is 0.0721 e. The molecule has 388 valence electrons. The van der Waals surface area contributed by atoms with E-state index in [4.69, 9.17) is 9.47 Å². The fraction of sp³-hybridized carbons (Fsp3) is 0.108. The van der Waals surface area contributed by atoms with Gasteiger partial charge in [-0.3, -0.25) is 0 Å². The Morgan fingerprint density at radius 3 is 0.850 bits per heavy atom. The van der Waals surface area contributed by atoms with E-state index in [0.717, 1.165) is 69.1 Å². The number of hydrogen-bond donors (Lipinski definition) is 0. The molecule has 0 aliphatic rings. The fourth-order valence-corrected chi connectivity index (χ4v) is 12.0. The number of benzene rings is 11. The van der Waals surface area contributed by atoms with Gasteiger partial charge in [0, 0.05) is 66.4 Å². The van der Waals surface area contributed by atoms with E-state index in [-0.39, 0.29) is 0 Å². The first-order valence-corrected chi connectivity index (χ1v) is 28.0. The molecule has 0 radical (unpaired) electrons. The van der Waals surface area contributed by atoms with Crippen molar-refractivity contribution in [2.75, 3.05) is 4.90 Å². The number of fused-ring (bicyclic) bond motifs is 9. The van der Waals surface area contributed by atoms with Crippen LogP contribution < -0.4 is 4.90 Å². The molecule has 80 heavy (non-hydrogen) atoms. The highest BCUT2D eigenvalue weighted by Crippen LogP contribution is 2.41. The van der Waals surface area contributed by atoms with Crippen molar-refractivity contribution in [2.24, 2.45) is 0 Å². The van der Waals surface area contributed by atoms with Crippen molar-refractivity contribution >= 4 is 82.5 Å². The highest BCUT2D eigenvalue weighted by atomic mass is 16.5. The molecule has 11 aromatic carbocycles. The van der Waals surface area contributed by atoms with Gasteiger partial charge in [0.15, 0.2) is 0 Å². The number of rotatable bonds is 16. The molecule has 0 spiro atoms. The summed E-state index contributed by atoms with van der Waals surface area (Å²) in [6, 6.07) is 93.0. The molecule has 0 fully saturated rings. The summed E-state index contributed by atoms with van der Waals surface area (Å²) < 4.78 is 19.7. The van der Waals surface area contributed by atoms with Crippen molar-refractivity contribution in [3.05, 3.63) is 288 Å². The molecule has 0 aliphatic heterocycles. The van der Waals surface area contributed by atoms with Crippen molar-refractivity contribution in [1.29, 1.82) is 0 Å². The maximum atomic E-state index is 6.27. The summed E-state index contributed by atoms with van der Waals surface area (Å²) in [6.45, 7) is 6.62. The number of aryl methyl sites for hydroxylation is 2. The normalized spacial score (nSPS) is 11.8.